The Bertz CT molecular complexity index is 2260. The topological polar surface area (TPSA) is 175 Å². The van der Waals surface area contributed by atoms with Gasteiger partial charge in [-0.3, -0.25) is 34.2 Å². The van der Waals surface area contributed by atoms with Crippen LogP contribution in [0.15, 0.2) is 61.2 Å². The van der Waals surface area contributed by atoms with Gasteiger partial charge in [0.15, 0.2) is 11.5 Å². The van der Waals surface area contributed by atoms with Crippen LogP contribution in [0, 0.1) is 11.8 Å². The number of hydrogen-bond donors (Lipinski definition) is 3. The largest absolute Gasteiger partial charge is 0.368 e. The average molecular weight is 829 g/mol. The van der Waals surface area contributed by atoms with Crippen molar-refractivity contribution < 1.29 is 24.0 Å². The van der Waals surface area contributed by atoms with Crippen LogP contribution in [0.2, 0.25) is 0 Å². The summed E-state index contributed by atoms with van der Waals surface area (Å²) < 4.78 is 2.13. The van der Waals surface area contributed by atoms with E-state index in [1.807, 2.05) is 48.8 Å². The normalized spacial score (nSPS) is 23.0. The summed E-state index contributed by atoms with van der Waals surface area (Å²) in [6.45, 7) is 7.39. The molecular weight excluding hydrogens is 773 g/mol. The summed E-state index contributed by atoms with van der Waals surface area (Å²) in [7, 11) is 0. The van der Waals surface area contributed by atoms with Crippen LogP contribution in [0.1, 0.15) is 102 Å². The van der Waals surface area contributed by atoms with Crippen molar-refractivity contribution in [2.24, 2.45) is 11.8 Å². The lowest BCUT2D eigenvalue weighted by Crippen LogP contribution is -2.54. The molecule has 6 heterocycles. The Labute approximate surface area is 356 Å². The van der Waals surface area contributed by atoms with Crippen molar-refractivity contribution in [3.8, 4) is 0 Å². The van der Waals surface area contributed by atoms with E-state index in [9.17, 15) is 24.0 Å². The minimum absolute atomic E-state index is 0.0612. The number of carbonyl (C=O) groups is 5. The molecule has 1 saturated carbocycles. The van der Waals surface area contributed by atoms with Crippen molar-refractivity contribution in [2.75, 3.05) is 51.1 Å². The molecule has 1 unspecified atom stereocenters. The van der Waals surface area contributed by atoms with Crippen LogP contribution < -0.4 is 16.0 Å². The summed E-state index contributed by atoms with van der Waals surface area (Å²) in [5, 5.41) is 9.01. The summed E-state index contributed by atoms with van der Waals surface area (Å²) in [5.74, 6) is 0.398. The highest BCUT2D eigenvalue weighted by molar-refractivity contribution is 6.24. The lowest BCUT2D eigenvalue weighted by Gasteiger charge is -2.37. The van der Waals surface area contributed by atoms with E-state index in [1.165, 1.54) is 25.7 Å². The predicted octanol–water partition coefficient (Wildman–Crippen LogP) is 4.15. The molecule has 4 aliphatic heterocycles. The first kappa shape index (κ1) is 40.8. The van der Waals surface area contributed by atoms with Crippen LogP contribution in [-0.4, -0.2) is 122 Å². The first-order chi connectivity index (χ1) is 29.8. The molecule has 3 N–H and O–H groups in total. The van der Waals surface area contributed by atoms with Crippen molar-refractivity contribution in [3.63, 3.8) is 0 Å². The summed E-state index contributed by atoms with van der Waals surface area (Å²) in [5.41, 5.74) is 4.27. The Balaban J connectivity index is 0.660. The summed E-state index contributed by atoms with van der Waals surface area (Å²) in [6, 6.07) is 14.7. The third-order valence-electron chi connectivity index (χ3n) is 13.7. The number of hydrogen-bond acceptors (Lipinski definition) is 11. The standard InChI is InChI=1S/C46H56N10O5/c57-38-12-11-37(44(59)52-38)56-45(60)36-10-4-8-33(40(36)46(56)61)9-5-19-53-20-16-32(17-21-53)27-54-22-14-30(15-23-54)13-18-47-42-41-43(49-28-48-42)55(29-50-41)35-25-34(26-35)51-39(58)24-31-6-2-1-3-7-31/h1-4,6-8,10,28-30,32,34-35,37H,5,9,11-27H2,(H,51,58)(H,47,48,49)(H,52,57,59). The maximum atomic E-state index is 13.5. The van der Waals surface area contributed by atoms with Gasteiger partial charge in [0.2, 0.25) is 17.7 Å². The van der Waals surface area contributed by atoms with E-state index in [2.05, 4.69) is 40.3 Å². The molecule has 15 nitrogen and oxygen atoms in total. The van der Waals surface area contributed by atoms with Gasteiger partial charge in [-0.15, -0.1) is 0 Å². The Morgan fingerprint density at radius 1 is 0.820 bits per heavy atom. The van der Waals surface area contributed by atoms with Crippen molar-refractivity contribution in [3.05, 3.63) is 83.4 Å². The molecule has 1 atom stereocenters. The molecule has 2 aromatic carbocycles. The second-order valence-corrected chi connectivity index (χ2v) is 17.7. The van der Waals surface area contributed by atoms with Crippen LogP contribution in [0.4, 0.5) is 5.82 Å². The maximum absolute atomic E-state index is 13.5. The van der Waals surface area contributed by atoms with Gasteiger partial charge in [0.25, 0.3) is 11.8 Å². The van der Waals surface area contributed by atoms with E-state index in [0.29, 0.717) is 35.8 Å². The van der Waals surface area contributed by atoms with Crippen LogP contribution >= 0.6 is 0 Å². The molecule has 3 saturated heterocycles. The summed E-state index contributed by atoms with van der Waals surface area (Å²) in [4.78, 5) is 83.4. The molecule has 2 aromatic heterocycles. The number of anilines is 1. The highest BCUT2D eigenvalue weighted by atomic mass is 16.2. The molecule has 4 aromatic rings. The lowest BCUT2D eigenvalue weighted by atomic mass is 9.86. The fourth-order valence-electron chi connectivity index (χ4n) is 10.1. The average Bonchev–Trinajstić information content (AvgIpc) is 3.79. The van der Waals surface area contributed by atoms with Crippen LogP contribution in [-0.2, 0) is 27.2 Å². The van der Waals surface area contributed by atoms with E-state index < -0.39 is 23.8 Å². The molecule has 1 aliphatic carbocycles. The zero-order valence-corrected chi connectivity index (χ0v) is 34.8. The molecule has 0 radical (unpaired) electrons. The predicted molar refractivity (Wildman–Crippen MR) is 229 cm³/mol. The first-order valence-electron chi connectivity index (χ1n) is 22.3. The highest BCUT2D eigenvalue weighted by Gasteiger charge is 2.45. The lowest BCUT2D eigenvalue weighted by molar-refractivity contribution is -0.136. The quantitative estimate of drug-likeness (QED) is 0.147. The Morgan fingerprint density at radius 2 is 1.59 bits per heavy atom. The van der Waals surface area contributed by atoms with Gasteiger partial charge >= 0.3 is 0 Å². The molecular formula is C46H56N10O5. The van der Waals surface area contributed by atoms with Crippen molar-refractivity contribution in [1.82, 2.24) is 44.9 Å². The number of rotatable bonds is 15. The monoisotopic (exact) mass is 828 g/mol. The molecule has 4 fully saturated rings. The van der Waals surface area contributed by atoms with Crippen LogP contribution in [0.5, 0.6) is 0 Å². The van der Waals surface area contributed by atoms with Gasteiger partial charge in [0, 0.05) is 31.6 Å². The van der Waals surface area contributed by atoms with Gasteiger partial charge in [0.1, 0.15) is 17.9 Å². The second kappa shape index (κ2) is 18.2. The van der Waals surface area contributed by atoms with Crippen LogP contribution in [0.25, 0.3) is 11.2 Å². The molecule has 5 aliphatic rings. The number of carbonyl (C=O) groups excluding carboxylic acids is 5. The third-order valence-corrected chi connectivity index (χ3v) is 13.7. The number of fused-ring (bicyclic) bond motifs is 2. The number of nitrogens with one attached hydrogen (secondary N) is 3. The fourth-order valence-corrected chi connectivity index (χ4v) is 10.1. The minimum atomic E-state index is -0.948. The first-order valence-corrected chi connectivity index (χ1v) is 22.3. The zero-order valence-electron chi connectivity index (χ0n) is 34.8. The maximum Gasteiger partial charge on any atom is 0.262 e. The molecule has 5 amide bonds. The van der Waals surface area contributed by atoms with Crippen molar-refractivity contribution >= 4 is 46.5 Å². The second-order valence-electron chi connectivity index (χ2n) is 17.7. The highest BCUT2D eigenvalue weighted by Crippen LogP contribution is 2.35. The van der Waals surface area contributed by atoms with E-state index in [4.69, 9.17) is 4.98 Å². The van der Waals surface area contributed by atoms with Gasteiger partial charge in [0.05, 0.1) is 23.9 Å². The van der Waals surface area contributed by atoms with Gasteiger partial charge in [-0.05, 0) is 126 Å². The minimum Gasteiger partial charge on any atom is -0.368 e. The number of aromatic nitrogens is 4. The Kier molecular flexibility index (Phi) is 12.2. The van der Waals surface area contributed by atoms with E-state index in [0.717, 1.165) is 105 Å². The molecule has 15 heteroatoms. The number of likely N-dealkylation sites (tertiary alicyclic amines) is 2. The Morgan fingerprint density at radius 3 is 2.38 bits per heavy atom. The third kappa shape index (κ3) is 9.08. The van der Waals surface area contributed by atoms with Crippen molar-refractivity contribution in [2.45, 2.75) is 95.2 Å². The number of imidazole rings is 1. The van der Waals surface area contributed by atoms with E-state index in [1.54, 1.807) is 12.4 Å². The number of amides is 5. The summed E-state index contributed by atoms with van der Waals surface area (Å²) in [6.07, 6.45) is 13.3. The smallest absolute Gasteiger partial charge is 0.262 e. The Hall–Kier alpha value is -5.54. The van der Waals surface area contributed by atoms with Gasteiger partial charge in [-0.2, -0.15) is 0 Å². The fraction of sp³-hybridized carbons (Fsp3) is 0.522. The van der Waals surface area contributed by atoms with Gasteiger partial charge in [-0.1, -0.05) is 42.5 Å². The molecule has 0 spiro atoms. The molecule has 320 valence electrons. The number of aryl methyl sites for hydroxylation is 1. The number of piperidine rings is 3. The van der Waals surface area contributed by atoms with Gasteiger partial charge < -0.3 is 25.0 Å². The van der Waals surface area contributed by atoms with Crippen LogP contribution in [0.3, 0.4) is 0 Å². The summed E-state index contributed by atoms with van der Waals surface area (Å²) >= 11 is 0. The number of benzene rings is 2. The molecule has 61 heavy (non-hydrogen) atoms. The number of nitrogens with zero attached hydrogens (tertiary/aromatic N) is 7. The molecule has 0 bridgehead atoms. The SMILES string of the molecule is O=C1CCC(N2C(=O)c3cccc(CCCN4CCC(CN5CCC(CCNc6ncnc7c6ncn7C6CC(NC(=O)Cc7ccccc7)C6)CC5)CC4)c3C2=O)C(=O)N1. The van der Waals surface area contributed by atoms with Gasteiger partial charge in [-0.25, -0.2) is 15.0 Å². The van der Waals surface area contributed by atoms with E-state index >= 15 is 0 Å². The zero-order chi connectivity index (χ0) is 41.9. The molecule has 9 rings (SSSR count). The van der Waals surface area contributed by atoms with E-state index in [-0.39, 0.29) is 36.7 Å². The number of imide groups is 2. The van der Waals surface area contributed by atoms with Crippen molar-refractivity contribution in [1.29, 1.82) is 0 Å².